The van der Waals surface area contributed by atoms with Gasteiger partial charge in [0.1, 0.15) is 6.10 Å². The number of rotatable bonds is 3. The van der Waals surface area contributed by atoms with Crippen LogP contribution in [0, 0.1) is 13.8 Å². The first-order valence-electron chi connectivity index (χ1n) is 7.07. The number of esters is 2. The predicted molar refractivity (Wildman–Crippen MR) is 71.6 cm³/mol. The van der Waals surface area contributed by atoms with E-state index in [0.717, 1.165) is 24.2 Å². The van der Waals surface area contributed by atoms with E-state index < -0.39 is 18.0 Å². The summed E-state index contributed by atoms with van der Waals surface area (Å²) < 4.78 is 12.5. The second kappa shape index (κ2) is 4.65. The van der Waals surface area contributed by atoms with Crippen molar-refractivity contribution >= 4 is 11.9 Å². The van der Waals surface area contributed by atoms with Gasteiger partial charge in [-0.15, -0.1) is 0 Å². The van der Waals surface area contributed by atoms with Crippen LogP contribution in [0.2, 0.25) is 0 Å². The molecular formula is C15H19NO4. The zero-order chi connectivity index (χ0) is 14.4. The Morgan fingerprint density at radius 1 is 1.40 bits per heavy atom. The number of nitrogens with zero attached hydrogens (tertiary/aromatic N) is 1. The van der Waals surface area contributed by atoms with Gasteiger partial charge >= 0.3 is 11.9 Å². The van der Waals surface area contributed by atoms with Crippen LogP contribution < -0.4 is 0 Å². The summed E-state index contributed by atoms with van der Waals surface area (Å²) in [5.41, 5.74) is 2.55. The molecule has 5 heteroatoms. The maximum Gasteiger partial charge on any atom is 0.347 e. The number of aryl methyl sites for hydroxylation is 1. The molecular weight excluding hydrogens is 258 g/mol. The van der Waals surface area contributed by atoms with Crippen LogP contribution in [0.3, 0.4) is 0 Å². The maximum atomic E-state index is 12.2. The molecule has 0 N–H and O–H groups in total. The van der Waals surface area contributed by atoms with E-state index in [1.54, 1.807) is 6.92 Å². The van der Waals surface area contributed by atoms with E-state index in [1.165, 1.54) is 0 Å². The third kappa shape index (κ3) is 2.21. The zero-order valence-electron chi connectivity index (χ0n) is 12.0. The maximum absolute atomic E-state index is 12.2. The van der Waals surface area contributed by atoms with E-state index in [0.29, 0.717) is 18.0 Å². The Labute approximate surface area is 117 Å². The van der Waals surface area contributed by atoms with Gasteiger partial charge in [0.15, 0.2) is 0 Å². The summed E-state index contributed by atoms with van der Waals surface area (Å²) in [5, 5.41) is 0. The van der Waals surface area contributed by atoms with Gasteiger partial charge < -0.3 is 14.0 Å². The van der Waals surface area contributed by atoms with Crippen molar-refractivity contribution in [2.75, 3.05) is 0 Å². The van der Waals surface area contributed by atoms with Crippen LogP contribution in [-0.4, -0.2) is 28.7 Å². The van der Waals surface area contributed by atoms with Gasteiger partial charge in [0.2, 0.25) is 6.10 Å². The first kappa shape index (κ1) is 13.2. The van der Waals surface area contributed by atoms with Crippen molar-refractivity contribution in [3.63, 3.8) is 0 Å². The largest absolute Gasteiger partial charge is 0.460 e. The molecule has 0 bridgehead atoms. The fourth-order valence-corrected chi connectivity index (χ4v) is 2.89. The monoisotopic (exact) mass is 277 g/mol. The summed E-state index contributed by atoms with van der Waals surface area (Å²) >= 11 is 0. The average Bonchev–Trinajstić information content (AvgIpc) is 3.08. The number of ether oxygens (including phenoxy) is 2. The highest BCUT2D eigenvalue weighted by Gasteiger charge is 2.36. The number of hydrogen-bond donors (Lipinski definition) is 0. The van der Waals surface area contributed by atoms with Crippen LogP contribution in [0.1, 0.15) is 54.0 Å². The molecule has 0 aromatic carbocycles. The van der Waals surface area contributed by atoms with Crippen LogP contribution in [0.25, 0.3) is 0 Å². The summed E-state index contributed by atoms with van der Waals surface area (Å²) in [6.07, 6.45) is 1.82. The van der Waals surface area contributed by atoms with Crippen molar-refractivity contribution in [1.82, 2.24) is 4.57 Å². The molecule has 5 nitrogen and oxygen atoms in total. The molecule has 2 aliphatic rings. The van der Waals surface area contributed by atoms with E-state index in [4.69, 9.17) is 9.47 Å². The molecule has 1 aliphatic heterocycles. The third-order valence-electron chi connectivity index (χ3n) is 3.99. The fourth-order valence-electron chi connectivity index (χ4n) is 2.89. The standard InChI is InChI=1S/C15H19NO4/c1-8-6-12(10(3)16(8)11-4-5-11)14(17)20-13-7-9(2)19-15(13)18/h6,9,11,13H,4-5,7H2,1-3H3. The molecule has 1 saturated carbocycles. The molecule has 1 saturated heterocycles. The van der Waals surface area contributed by atoms with Crippen molar-refractivity contribution in [2.24, 2.45) is 0 Å². The number of aromatic nitrogens is 1. The quantitative estimate of drug-likeness (QED) is 0.795. The smallest absolute Gasteiger partial charge is 0.347 e. The minimum absolute atomic E-state index is 0.181. The highest BCUT2D eigenvalue weighted by molar-refractivity contribution is 5.93. The summed E-state index contributed by atoms with van der Waals surface area (Å²) in [4.78, 5) is 23.8. The molecule has 3 rings (SSSR count). The van der Waals surface area contributed by atoms with Crippen LogP contribution in [0.5, 0.6) is 0 Å². The Kier molecular flexibility index (Phi) is 3.07. The lowest BCUT2D eigenvalue weighted by Gasteiger charge is -2.09. The Balaban J connectivity index is 1.77. The highest BCUT2D eigenvalue weighted by atomic mass is 16.6. The van der Waals surface area contributed by atoms with E-state index in [1.807, 2.05) is 19.9 Å². The van der Waals surface area contributed by atoms with Gasteiger partial charge in [-0.2, -0.15) is 0 Å². The normalized spacial score (nSPS) is 25.6. The molecule has 108 valence electrons. The topological polar surface area (TPSA) is 57.5 Å². The van der Waals surface area contributed by atoms with Gasteiger partial charge in [-0.1, -0.05) is 0 Å². The van der Waals surface area contributed by atoms with Gasteiger partial charge in [0.05, 0.1) is 5.56 Å². The number of carbonyl (C=O) groups excluding carboxylic acids is 2. The van der Waals surface area contributed by atoms with Gasteiger partial charge in [-0.05, 0) is 39.7 Å². The first-order chi connectivity index (χ1) is 9.47. The van der Waals surface area contributed by atoms with Crippen molar-refractivity contribution < 1.29 is 19.1 Å². The van der Waals surface area contributed by atoms with Crippen molar-refractivity contribution in [2.45, 2.75) is 58.3 Å². The zero-order valence-corrected chi connectivity index (χ0v) is 12.0. The molecule has 20 heavy (non-hydrogen) atoms. The highest BCUT2D eigenvalue weighted by Crippen LogP contribution is 2.38. The number of carbonyl (C=O) groups is 2. The van der Waals surface area contributed by atoms with E-state index in [-0.39, 0.29) is 6.10 Å². The summed E-state index contributed by atoms with van der Waals surface area (Å²) in [6, 6.07) is 2.37. The lowest BCUT2D eigenvalue weighted by molar-refractivity contribution is -0.147. The number of hydrogen-bond acceptors (Lipinski definition) is 4. The molecule has 0 amide bonds. The van der Waals surface area contributed by atoms with E-state index >= 15 is 0 Å². The predicted octanol–water partition coefficient (Wildman–Crippen LogP) is 2.30. The average molecular weight is 277 g/mol. The van der Waals surface area contributed by atoms with Crippen molar-refractivity contribution in [3.8, 4) is 0 Å². The first-order valence-corrected chi connectivity index (χ1v) is 7.07. The number of cyclic esters (lactones) is 1. The van der Waals surface area contributed by atoms with Crippen LogP contribution >= 0.6 is 0 Å². The lowest BCUT2D eigenvalue weighted by Crippen LogP contribution is -2.23. The van der Waals surface area contributed by atoms with E-state index in [2.05, 4.69) is 4.57 Å². The van der Waals surface area contributed by atoms with Crippen LogP contribution in [-0.2, 0) is 14.3 Å². The molecule has 2 atom stereocenters. The summed E-state index contributed by atoms with van der Waals surface area (Å²) in [7, 11) is 0. The van der Waals surface area contributed by atoms with Crippen LogP contribution in [0.4, 0.5) is 0 Å². The van der Waals surface area contributed by atoms with Gasteiger partial charge in [0, 0.05) is 23.9 Å². The molecule has 2 heterocycles. The van der Waals surface area contributed by atoms with Crippen molar-refractivity contribution in [3.05, 3.63) is 23.0 Å². The Morgan fingerprint density at radius 3 is 2.65 bits per heavy atom. The SMILES string of the molecule is Cc1cc(C(=O)OC2CC(C)OC2=O)c(C)n1C1CC1. The summed E-state index contributed by atoms with van der Waals surface area (Å²) in [6.45, 7) is 5.72. The molecule has 2 unspecified atom stereocenters. The molecule has 2 fully saturated rings. The minimum atomic E-state index is -0.763. The summed E-state index contributed by atoms with van der Waals surface area (Å²) in [5.74, 6) is -0.872. The third-order valence-corrected chi connectivity index (χ3v) is 3.99. The van der Waals surface area contributed by atoms with Gasteiger partial charge in [-0.3, -0.25) is 0 Å². The fraction of sp³-hybridized carbons (Fsp3) is 0.600. The minimum Gasteiger partial charge on any atom is -0.460 e. The molecule has 1 aromatic rings. The molecule has 1 aromatic heterocycles. The van der Waals surface area contributed by atoms with Crippen LogP contribution in [0.15, 0.2) is 6.07 Å². The second-order valence-electron chi connectivity index (χ2n) is 5.76. The lowest BCUT2D eigenvalue weighted by atomic mass is 10.2. The molecule has 0 spiro atoms. The Bertz CT molecular complexity index is 571. The van der Waals surface area contributed by atoms with Gasteiger partial charge in [0.25, 0.3) is 0 Å². The van der Waals surface area contributed by atoms with E-state index in [9.17, 15) is 9.59 Å². The molecule has 1 aliphatic carbocycles. The Hall–Kier alpha value is -1.78. The second-order valence-corrected chi connectivity index (χ2v) is 5.76. The van der Waals surface area contributed by atoms with Crippen molar-refractivity contribution in [1.29, 1.82) is 0 Å². The molecule has 0 radical (unpaired) electrons. The van der Waals surface area contributed by atoms with Gasteiger partial charge in [-0.25, -0.2) is 9.59 Å². The Morgan fingerprint density at radius 2 is 2.10 bits per heavy atom.